The number of amides is 1. The first-order valence-corrected chi connectivity index (χ1v) is 5.46. The zero-order valence-corrected chi connectivity index (χ0v) is 8.62. The molecular formula is C11H18N2O. The van der Waals surface area contributed by atoms with Crippen LogP contribution in [0.5, 0.6) is 0 Å². The van der Waals surface area contributed by atoms with Crippen molar-refractivity contribution in [1.29, 1.82) is 0 Å². The average Bonchev–Trinajstić information content (AvgIpc) is 2.79. The SMILES string of the molecule is C/C=C/CNC(=O)C1CC2CCC1N2. The van der Waals surface area contributed by atoms with E-state index < -0.39 is 0 Å². The van der Waals surface area contributed by atoms with Crippen LogP contribution < -0.4 is 10.6 Å². The molecule has 0 aromatic rings. The Hall–Kier alpha value is -0.830. The molecule has 2 N–H and O–H groups in total. The minimum Gasteiger partial charge on any atom is -0.352 e. The summed E-state index contributed by atoms with van der Waals surface area (Å²) in [6.45, 7) is 2.63. The lowest BCUT2D eigenvalue weighted by Gasteiger charge is -2.18. The van der Waals surface area contributed by atoms with Gasteiger partial charge in [0.15, 0.2) is 0 Å². The van der Waals surface area contributed by atoms with E-state index in [1.54, 1.807) is 0 Å². The van der Waals surface area contributed by atoms with E-state index in [9.17, 15) is 4.79 Å². The van der Waals surface area contributed by atoms with Gasteiger partial charge in [0.2, 0.25) is 5.91 Å². The molecule has 0 radical (unpaired) electrons. The molecule has 2 rings (SSSR count). The fourth-order valence-electron chi connectivity index (χ4n) is 2.52. The van der Waals surface area contributed by atoms with Crippen molar-refractivity contribution in [3.8, 4) is 0 Å². The molecule has 2 heterocycles. The molecule has 0 spiro atoms. The zero-order valence-electron chi connectivity index (χ0n) is 8.62. The Kier molecular flexibility index (Phi) is 2.87. The van der Waals surface area contributed by atoms with Crippen LogP contribution in [-0.4, -0.2) is 24.5 Å². The van der Waals surface area contributed by atoms with E-state index in [1.165, 1.54) is 12.8 Å². The lowest BCUT2D eigenvalue weighted by molar-refractivity contribution is -0.125. The van der Waals surface area contributed by atoms with Gasteiger partial charge in [0.1, 0.15) is 0 Å². The predicted octanol–water partition coefficient (Wildman–Crippen LogP) is 0.819. The van der Waals surface area contributed by atoms with Gasteiger partial charge in [0.05, 0.1) is 5.92 Å². The first-order valence-electron chi connectivity index (χ1n) is 5.46. The van der Waals surface area contributed by atoms with Gasteiger partial charge in [-0.2, -0.15) is 0 Å². The number of carbonyl (C=O) groups excluding carboxylic acids is 1. The van der Waals surface area contributed by atoms with Crippen molar-refractivity contribution in [3.05, 3.63) is 12.2 Å². The molecule has 14 heavy (non-hydrogen) atoms. The topological polar surface area (TPSA) is 41.1 Å². The highest BCUT2D eigenvalue weighted by atomic mass is 16.1. The number of hydrogen-bond acceptors (Lipinski definition) is 2. The van der Waals surface area contributed by atoms with Gasteiger partial charge in [-0.1, -0.05) is 12.2 Å². The molecule has 2 saturated heterocycles. The summed E-state index contributed by atoms with van der Waals surface area (Å²) in [7, 11) is 0. The van der Waals surface area contributed by atoms with E-state index in [0.717, 1.165) is 6.42 Å². The molecule has 3 atom stereocenters. The average molecular weight is 194 g/mol. The van der Waals surface area contributed by atoms with Gasteiger partial charge in [-0.25, -0.2) is 0 Å². The van der Waals surface area contributed by atoms with Crippen molar-refractivity contribution in [3.63, 3.8) is 0 Å². The normalized spacial score (nSPS) is 35.4. The smallest absolute Gasteiger partial charge is 0.224 e. The number of allylic oxidation sites excluding steroid dienone is 1. The third-order valence-electron chi connectivity index (χ3n) is 3.27. The molecule has 78 valence electrons. The molecule has 3 heteroatoms. The van der Waals surface area contributed by atoms with Crippen LogP contribution in [0.4, 0.5) is 0 Å². The maximum Gasteiger partial charge on any atom is 0.224 e. The summed E-state index contributed by atoms with van der Waals surface area (Å²) in [5.74, 6) is 0.446. The summed E-state index contributed by atoms with van der Waals surface area (Å²) in [5, 5.41) is 6.41. The molecule has 2 aliphatic heterocycles. The standard InChI is InChI=1S/C11H18N2O/c1-2-3-6-12-11(14)9-7-8-4-5-10(9)13-8/h2-3,8-10,13H,4-7H2,1H3,(H,12,14)/b3-2+. The first-order chi connectivity index (χ1) is 6.81. The Morgan fingerprint density at radius 3 is 3.00 bits per heavy atom. The minimum absolute atomic E-state index is 0.221. The number of hydrogen-bond donors (Lipinski definition) is 2. The number of nitrogens with one attached hydrogen (secondary N) is 2. The van der Waals surface area contributed by atoms with E-state index in [4.69, 9.17) is 0 Å². The van der Waals surface area contributed by atoms with Crippen molar-refractivity contribution in [2.24, 2.45) is 5.92 Å². The van der Waals surface area contributed by atoms with Gasteiger partial charge in [0, 0.05) is 18.6 Å². The zero-order chi connectivity index (χ0) is 9.97. The molecule has 3 unspecified atom stereocenters. The van der Waals surface area contributed by atoms with Gasteiger partial charge >= 0.3 is 0 Å². The molecule has 3 nitrogen and oxygen atoms in total. The van der Waals surface area contributed by atoms with Gasteiger partial charge in [-0.05, 0) is 26.2 Å². The summed E-state index contributed by atoms with van der Waals surface area (Å²) in [5.41, 5.74) is 0. The van der Waals surface area contributed by atoms with Crippen LogP contribution in [0, 0.1) is 5.92 Å². The molecule has 0 saturated carbocycles. The van der Waals surface area contributed by atoms with Crippen molar-refractivity contribution in [2.75, 3.05) is 6.54 Å². The summed E-state index contributed by atoms with van der Waals surface area (Å²) < 4.78 is 0. The molecule has 0 aromatic heterocycles. The largest absolute Gasteiger partial charge is 0.352 e. The van der Waals surface area contributed by atoms with E-state index >= 15 is 0 Å². The number of carbonyl (C=O) groups is 1. The van der Waals surface area contributed by atoms with Crippen LogP contribution >= 0.6 is 0 Å². The molecule has 0 aliphatic carbocycles. The van der Waals surface area contributed by atoms with Crippen molar-refractivity contribution < 1.29 is 4.79 Å². The first kappa shape index (κ1) is 9.71. The Morgan fingerprint density at radius 2 is 2.43 bits per heavy atom. The third kappa shape index (κ3) is 1.82. The van der Waals surface area contributed by atoms with E-state index in [0.29, 0.717) is 18.6 Å². The lowest BCUT2D eigenvalue weighted by atomic mass is 9.88. The Morgan fingerprint density at radius 1 is 1.57 bits per heavy atom. The molecular weight excluding hydrogens is 176 g/mol. The predicted molar refractivity (Wildman–Crippen MR) is 55.9 cm³/mol. The van der Waals surface area contributed by atoms with Gasteiger partial charge in [0.25, 0.3) is 0 Å². The maximum absolute atomic E-state index is 11.7. The monoisotopic (exact) mass is 194 g/mol. The van der Waals surface area contributed by atoms with Crippen molar-refractivity contribution >= 4 is 5.91 Å². The van der Waals surface area contributed by atoms with Crippen LogP contribution in [0.3, 0.4) is 0 Å². The fourth-order valence-corrected chi connectivity index (χ4v) is 2.52. The fraction of sp³-hybridized carbons (Fsp3) is 0.727. The number of rotatable bonds is 3. The Balaban J connectivity index is 1.81. The quantitative estimate of drug-likeness (QED) is 0.653. The van der Waals surface area contributed by atoms with E-state index in [-0.39, 0.29) is 11.8 Å². The second-order valence-electron chi connectivity index (χ2n) is 4.20. The molecule has 0 aromatic carbocycles. The van der Waals surface area contributed by atoms with Crippen LogP contribution in [0.25, 0.3) is 0 Å². The summed E-state index contributed by atoms with van der Waals surface area (Å²) in [4.78, 5) is 11.7. The second kappa shape index (κ2) is 4.13. The number of fused-ring (bicyclic) bond motifs is 2. The van der Waals surface area contributed by atoms with Gasteiger partial charge in [-0.3, -0.25) is 4.79 Å². The lowest BCUT2D eigenvalue weighted by Crippen LogP contribution is -2.37. The summed E-state index contributed by atoms with van der Waals surface area (Å²) in [6.07, 6.45) is 7.39. The highest BCUT2D eigenvalue weighted by molar-refractivity contribution is 5.80. The van der Waals surface area contributed by atoms with Crippen LogP contribution in [0.2, 0.25) is 0 Å². The molecule has 2 bridgehead atoms. The molecule has 1 amide bonds. The van der Waals surface area contributed by atoms with E-state index in [1.807, 2.05) is 19.1 Å². The highest BCUT2D eigenvalue weighted by Crippen LogP contribution is 2.33. The minimum atomic E-state index is 0.221. The second-order valence-corrected chi connectivity index (χ2v) is 4.20. The summed E-state index contributed by atoms with van der Waals surface area (Å²) in [6, 6.07) is 1.06. The Labute approximate surface area is 84.9 Å². The van der Waals surface area contributed by atoms with Gasteiger partial charge in [-0.15, -0.1) is 0 Å². The van der Waals surface area contributed by atoms with Crippen LogP contribution in [0.15, 0.2) is 12.2 Å². The maximum atomic E-state index is 11.7. The Bertz CT molecular complexity index is 250. The van der Waals surface area contributed by atoms with E-state index in [2.05, 4.69) is 10.6 Å². The summed E-state index contributed by atoms with van der Waals surface area (Å²) >= 11 is 0. The molecule has 2 aliphatic rings. The van der Waals surface area contributed by atoms with Crippen LogP contribution in [0.1, 0.15) is 26.2 Å². The van der Waals surface area contributed by atoms with Gasteiger partial charge < -0.3 is 10.6 Å². The third-order valence-corrected chi connectivity index (χ3v) is 3.27. The highest BCUT2D eigenvalue weighted by Gasteiger charge is 2.42. The van der Waals surface area contributed by atoms with Crippen molar-refractivity contribution in [1.82, 2.24) is 10.6 Å². The van der Waals surface area contributed by atoms with Crippen molar-refractivity contribution in [2.45, 2.75) is 38.3 Å². The van der Waals surface area contributed by atoms with Crippen LogP contribution in [-0.2, 0) is 4.79 Å². The molecule has 2 fully saturated rings.